The molecule has 2 amide bonds. The van der Waals surface area contributed by atoms with Crippen LogP contribution in [-0.4, -0.2) is 63.8 Å². The molecule has 2 fully saturated rings. The van der Waals surface area contributed by atoms with Crippen molar-refractivity contribution in [1.82, 2.24) is 20.2 Å². The van der Waals surface area contributed by atoms with Gasteiger partial charge in [0.2, 0.25) is 5.91 Å². The van der Waals surface area contributed by atoms with Crippen molar-refractivity contribution in [2.24, 2.45) is 0 Å². The first-order chi connectivity index (χ1) is 15.6. The number of pyridine rings is 1. The zero-order valence-electron chi connectivity index (χ0n) is 17.0. The van der Waals surface area contributed by atoms with E-state index in [0.717, 1.165) is 10.4 Å². The fourth-order valence-corrected chi connectivity index (χ4v) is 5.65. The van der Waals surface area contributed by atoms with E-state index in [0.29, 0.717) is 24.4 Å². The van der Waals surface area contributed by atoms with E-state index >= 15 is 0 Å². The number of aromatic nitrogens is 2. The van der Waals surface area contributed by atoms with Gasteiger partial charge in [-0.25, -0.2) is 4.98 Å². The molecule has 1 N–H and O–H groups in total. The third-order valence-electron chi connectivity index (χ3n) is 5.63. The van der Waals surface area contributed by atoms with E-state index < -0.39 is 18.0 Å². The molecule has 3 aromatic rings. The number of ether oxygens (including phenoxy) is 1. The first-order valence-electron chi connectivity index (χ1n) is 10.2. The number of thiophene rings is 1. The van der Waals surface area contributed by atoms with Gasteiger partial charge in [0.05, 0.1) is 6.10 Å². The number of hydrogen-bond acceptors (Lipinski definition) is 8. The van der Waals surface area contributed by atoms with Crippen molar-refractivity contribution >= 4 is 40.3 Å². The van der Waals surface area contributed by atoms with Gasteiger partial charge in [-0.3, -0.25) is 19.4 Å². The number of ketones is 1. The predicted octanol–water partition coefficient (Wildman–Crippen LogP) is 2.18. The summed E-state index contributed by atoms with van der Waals surface area (Å²) in [6.07, 6.45) is 4.10. The molecule has 0 radical (unpaired) electrons. The number of amides is 2. The average Bonchev–Trinajstić information content (AvgIpc) is 3.60. The summed E-state index contributed by atoms with van der Waals surface area (Å²) < 4.78 is 5.51. The number of carbonyl (C=O) groups excluding carboxylic acids is 3. The van der Waals surface area contributed by atoms with E-state index in [4.69, 9.17) is 4.74 Å². The maximum atomic E-state index is 13.4. The normalized spacial score (nSPS) is 20.9. The molecule has 0 spiro atoms. The summed E-state index contributed by atoms with van der Waals surface area (Å²) in [5.74, 6) is -0.764. The van der Waals surface area contributed by atoms with Crippen LogP contribution >= 0.6 is 22.7 Å². The van der Waals surface area contributed by atoms with Gasteiger partial charge in [-0.05, 0) is 30.0 Å². The fraction of sp³-hybridized carbons (Fsp3) is 0.318. The number of likely N-dealkylation sites (tertiary alicyclic amines) is 1. The van der Waals surface area contributed by atoms with Gasteiger partial charge in [0.15, 0.2) is 5.78 Å². The summed E-state index contributed by atoms with van der Waals surface area (Å²) in [6.45, 7) is 0.482. The number of thiazole rings is 1. The third-order valence-corrected chi connectivity index (χ3v) is 7.42. The van der Waals surface area contributed by atoms with Crippen LogP contribution in [0, 0.1) is 0 Å². The van der Waals surface area contributed by atoms with E-state index in [1.54, 1.807) is 22.7 Å². The largest absolute Gasteiger partial charge is 0.368 e. The molecule has 0 aromatic carbocycles. The van der Waals surface area contributed by atoms with Crippen LogP contribution in [0.2, 0.25) is 0 Å². The van der Waals surface area contributed by atoms with Crippen LogP contribution in [0.3, 0.4) is 0 Å². The summed E-state index contributed by atoms with van der Waals surface area (Å²) in [5, 5.41) is 7.14. The Morgan fingerprint density at radius 1 is 1.28 bits per heavy atom. The Morgan fingerprint density at radius 2 is 2.19 bits per heavy atom. The van der Waals surface area contributed by atoms with Crippen molar-refractivity contribution < 1.29 is 19.1 Å². The molecule has 0 bridgehead atoms. The molecule has 3 aromatic heterocycles. The van der Waals surface area contributed by atoms with Crippen LogP contribution in [-0.2, 0) is 20.7 Å². The van der Waals surface area contributed by atoms with Crippen molar-refractivity contribution in [1.29, 1.82) is 0 Å². The van der Waals surface area contributed by atoms with Crippen LogP contribution in [0.4, 0.5) is 0 Å². The summed E-state index contributed by atoms with van der Waals surface area (Å²) >= 11 is 2.86. The standard InChI is InChI=1S/C22H20N4O4S2/c27-17-11-30-18-5-7-26(19(17)18)22(29)15(9-14-4-2-8-31-14)24-20(28)16-12-32-21(25-16)13-3-1-6-23-10-13/h1-4,6,8,10,12,15,18-19H,5,7,9,11H2,(H,24,28). The topological polar surface area (TPSA) is 101 Å². The van der Waals surface area contributed by atoms with Crippen LogP contribution in [0.15, 0.2) is 47.4 Å². The molecular formula is C22H20N4O4S2. The summed E-state index contributed by atoms with van der Waals surface area (Å²) in [5.41, 5.74) is 1.07. The molecule has 2 aliphatic rings. The minimum Gasteiger partial charge on any atom is -0.368 e. The third kappa shape index (κ3) is 4.08. The number of rotatable bonds is 6. The second-order valence-electron chi connectivity index (χ2n) is 7.67. The number of carbonyl (C=O) groups is 3. The lowest BCUT2D eigenvalue weighted by molar-refractivity contribution is -0.138. The Balaban J connectivity index is 1.35. The zero-order valence-corrected chi connectivity index (χ0v) is 18.6. The molecule has 0 saturated carbocycles. The highest BCUT2D eigenvalue weighted by Crippen LogP contribution is 2.28. The van der Waals surface area contributed by atoms with Crippen LogP contribution in [0.5, 0.6) is 0 Å². The lowest BCUT2D eigenvalue weighted by Gasteiger charge is -2.27. The van der Waals surface area contributed by atoms with Crippen molar-refractivity contribution in [3.8, 4) is 10.6 Å². The Morgan fingerprint density at radius 3 is 2.97 bits per heavy atom. The highest BCUT2D eigenvalue weighted by atomic mass is 32.1. The number of Topliss-reactive ketones (excluding diaryl/α,β-unsaturated/α-hetero) is 1. The van der Waals surface area contributed by atoms with Gasteiger partial charge in [0.1, 0.15) is 29.4 Å². The minimum absolute atomic E-state index is 0.0387. The molecule has 5 rings (SSSR count). The number of nitrogens with zero attached hydrogens (tertiary/aromatic N) is 3. The molecule has 164 valence electrons. The zero-order chi connectivity index (χ0) is 22.1. The number of fused-ring (bicyclic) bond motifs is 1. The molecule has 8 nitrogen and oxygen atoms in total. The Hall–Kier alpha value is -2.95. The van der Waals surface area contributed by atoms with E-state index in [9.17, 15) is 14.4 Å². The second-order valence-corrected chi connectivity index (χ2v) is 9.56. The number of hydrogen-bond donors (Lipinski definition) is 1. The molecule has 2 aliphatic heterocycles. The monoisotopic (exact) mass is 468 g/mol. The van der Waals surface area contributed by atoms with Gasteiger partial charge in [-0.1, -0.05) is 6.07 Å². The van der Waals surface area contributed by atoms with E-state index in [1.807, 2.05) is 29.6 Å². The summed E-state index contributed by atoms with van der Waals surface area (Å²) in [6, 6.07) is 6.17. The van der Waals surface area contributed by atoms with Crippen LogP contribution in [0.25, 0.3) is 10.6 Å². The lowest BCUT2D eigenvalue weighted by Crippen LogP contribution is -2.53. The SMILES string of the molecule is O=C(NC(Cc1cccs1)C(=O)N1CCC2OCC(=O)C21)c1csc(-c2cccnc2)n1. The minimum atomic E-state index is -0.795. The second kappa shape index (κ2) is 8.89. The lowest BCUT2D eigenvalue weighted by atomic mass is 10.1. The maximum absolute atomic E-state index is 13.4. The molecule has 2 saturated heterocycles. The molecule has 3 atom stereocenters. The summed E-state index contributed by atoms with van der Waals surface area (Å²) in [7, 11) is 0. The quantitative estimate of drug-likeness (QED) is 0.595. The molecule has 5 heterocycles. The highest BCUT2D eigenvalue weighted by Gasteiger charge is 2.48. The van der Waals surface area contributed by atoms with E-state index in [-0.39, 0.29) is 30.1 Å². The molecule has 32 heavy (non-hydrogen) atoms. The Labute approximate surface area is 192 Å². The average molecular weight is 469 g/mol. The predicted molar refractivity (Wildman–Crippen MR) is 119 cm³/mol. The first-order valence-corrected chi connectivity index (χ1v) is 12.0. The Kier molecular flexibility index (Phi) is 5.81. The fourth-order valence-electron chi connectivity index (χ4n) is 4.10. The van der Waals surface area contributed by atoms with Gasteiger partial charge in [-0.2, -0.15) is 0 Å². The van der Waals surface area contributed by atoms with Gasteiger partial charge < -0.3 is 15.0 Å². The van der Waals surface area contributed by atoms with Crippen molar-refractivity contribution in [2.45, 2.75) is 31.0 Å². The smallest absolute Gasteiger partial charge is 0.271 e. The highest BCUT2D eigenvalue weighted by molar-refractivity contribution is 7.13. The molecule has 0 aliphatic carbocycles. The summed E-state index contributed by atoms with van der Waals surface area (Å²) in [4.78, 5) is 49.8. The van der Waals surface area contributed by atoms with Gasteiger partial charge in [0.25, 0.3) is 5.91 Å². The van der Waals surface area contributed by atoms with Gasteiger partial charge >= 0.3 is 0 Å². The van der Waals surface area contributed by atoms with Gasteiger partial charge in [-0.15, -0.1) is 22.7 Å². The van der Waals surface area contributed by atoms with Gasteiger partial charge in [0, 0.05) is 41.2 Å². The molecular weight excluding hydrogens is 448 g/mol. The van der Waals surface area contributed by atoms with E-state index in [2.05, 4.69) is 15.3 Å². The Bertz CT molecular complexity index is 1130. The molecule has 3 unspecified atom stereocenters. The van der Waals surface area contributed by atoms with Crippen molar-refractivity contribution in [2.75, 3.05) is 13.2 Å². The van der Waals surface area contributed by atoms with Crippen LogP contribution < -0.4 is 5.32 Å². The van der Waals surface area contributed by atoms with Crippen LogP contribution in [0.1, 0.15) is 21.8 Å². The van der Waals surface area contributed by atoms with Crippen molar-refractivity contribution in [3.63, 3.8) is 0 Å². The van der Waals surface area contributed by atoms with E-state index in [1.165, 1.54) is 22.7 Å². The molecule has 10 heteroatoms. The number of nitrogens with one attached hydrogen (secondary N) is 1. The first kappa shape index (κ1) is 20.9. The van der Waals surface area contributed by atoms with Crippen molar-refractivity contribution in [3.05, 3.63) is 58.0 Å². The maximum Gasteiger partial charge on any atom is 0.271 e.